The monoisotopic (exact) mass is 586 g/mol. The van der Waals surface area contributed by atoms with E-state index in [1.165, 1.54) is 10.4 Å². The van der Waals surface area contributed by atoms with E-state index < -0.39 is 0 Å². The number of benzene rings is 2. The number of aromatic amines is 1. The largest absolute Gasteiger partial charge is 0.493 e. The van der Waals surface area contributed by atoms with E-state index >= 15 is 0 Å². The van der Waals surface area contributed by atoms with Crippen molar-refractivity contribution >= 4 is 49.1 Å². The molecule has 0 aliphatic heterocycles. The van der Waals surface area contributed by atoms with E-state index in [0.29, 0.717) is 39.3 Å². The molecule has 2 aromatic heterocycles. The fourth-order valence-corrected chi connectivity index (χ4v) is 6.78. The molecule has 5 nitrogen and oxygen atoms in total. The number of hydrogen-bond acceptors (Lipinski definition) is 5. The van der Waals surface area contributed by atoms with Crippen LogP contribution in [0.1, 0.15) is 43.2 Å². The van der Waals surface area contributed by atoms with Crippen LogP contribution in [0.25, 0.3) is 21.6 Å². The van der Waals surface area contributed by atoms with E-state index in [1.807, 2.05) is 36.4 Å². The molecule has 0 spiro atoms. The molecule has 0 bridgehead atoms. The van der Waals surface area contributed by atoms with Crippen LogP contribution in [0.3, 0.4) is 0 Å². The van der Waals surface area contributed by atoms with Gasteiger partial charge in [0.2, 0.25) is 0 Å². The maximum atomic E-state index is 13.2. The quantitative estimate of drug-likeness (QED) is 0.259. The third-order valence-corrected chi connectivity index (χ3v) is 8.93. The molecule has 0 radical (unpaired) electrons. The smallest absolute Gasteiger partial charge is 0.260 e. The normalized spacial score (nSPS) is 15.7. The van der Waals surface area contributed by atoms with Gasteiger partial charge in [0.05, 0.1) is 17.0 Å². The Morgan fingerprint density at radius 2 is 1.97 bits per heavy atom. The minimum atomic E-state index is -0.0835. The number of thiophene rings is 1. The van der Waals surface area contributed by atoms with Crippen LogP contribution in [0, 0.1) is 11.3 Å². The number of nitrogens with zero attached hydrogens (tertiary/aromatic N) is 1. The second-order valence-corrected chi connectivity index (χ2v) is 12.7. The molecule has 8 heteroatoms. The summed E-state index contributed by atoms with van der Waals surface area (Å²) in [6.45, 7) is 7.26. The van der Waals surface area contributed by atoms with Crippen LogP contribution in [-0.2, 0) is 19.4 Å². The number of aryl methyl sites for hydroxylation is 1. The molecular formula is C28H28BrClN2O3S. The second kappa shape index (κ2) is 9.84. The zero-order valence-corrected chi connectivity index (χ0v) is 23.9. The maximum Gasteiger partial charge on any atom is 0.260 e. The van der Waals surface area contributed by atoms with Gasteiger partial charge in [0.15, 0.2) is 11.5 Å². The molecule has 0 saturated carbocycles. The van der Waals surface area contributed by atoms with Gasteiger partial charge in [-0.1, -0.05) is 44.5 Å². The average molecular weight is 588 g/mol. The molecule has 2 heterocycles. The lowest BCUT2D eigenvalue weighted by atomic mass is 9.72. The summed E-state index contributed by atoms with van der Waals surface area (Å²) in [5.74, 6) is 2.26. The zero-order valence-electron chi connectivity index (χ0n) is 20.7. The summed E-state index contributed by atoms with van der Waals surface area (Å²) in [5, 5.41) is 1.43. The molecule has 0 saturated heterocycles. The lowest BCUT2D eigenvalue weighted by Gasteiger charge is -2.33. The van der Waals surface area contributed by atoms with E-state index in [0.717, 1.165) is 40.6 Å². The molecule has 5 rings (SSSR count). The number of nitrogens with one attached hydrogen (secondary N) is 1. The van der Waals surface area contributed by atoms with Crippen molar-refractivity contribution in [1.29, 1.82) is 0 Å². The summed E-state index contributed by atoms with van der Waals surface area (Å²) >= 11 is 11.3. The van der Waals surface area contributed by atoms with Gasteiger partial charge in [-0.05, 0) is 81.9 Å². The Bertz CT molecular complexity index is 1490. The Morgan fingerprint density at radius 1 is 1.22 bits per heavy atom. The van der Waals surface area contributed by atoms with Gasteiger partial charge < -0.3 is 14.5 Å². The molecule has 0 fully saturated rings. The SMILES string of the molecule is COc1cc(-c2nc3sc4c(c3c(=O)[nH]2)CC[C@@H](C(C)(C)C)C4)cc(Br)c1OCc1ccc(Cl)cc1. The van der Waals surface area contributed by atoms with Gasteiger partial charge >= 0.3 is 0 Å². The standard InChI is InChI=1S/C28H28BrClN2O3S/c1-28(2,3)17-7-10-19-22(13-17)36-27-23(19)26(33)31-25(32-27)16-11-20(29)24(21(12-16)34-4)35-14-15-5-8-18(30)9-6-15/h5-6,8-9,11-12,17H,7,10,13-14H2,1-4H3,(H,31,32,33)/t17-/m1/s1. The summed E-state index contributed by atoms with van der Waals surface area (Å²) < 4.78 is 12.4. The van der Waals surface area contributed by atoms with Crippen molar-refractivity contribution in [3.05, 3.63) is 72.3 Å². The fraction of sp³-hybridized carbons (Fsp3) is 0.357. The van der Waals surface area contributed by atoms with Crippen molar-refractivity contribution in [2.75, 3.05) is 7.11 Å². The molecule has 0 unspecified atom stereocenters. The lowest BCUT2D eigenvalue weighted by molar-refractivity contribution is 0.218. The molecule has 188 valence electrons. The van der Waals surface area contributed by atoms with E-state index in [2.05, 4.69) is 41.7 Å². The minimum Gasteiger partial charge on any atom is -0.493 e. The van der Waals surface area contributed by atoms with Gasteiger partial charge in [-0.25, -0.2) is 4.98 Å². The van der Waals surface area contributed by atoms with E-state index in [-0.39, 0.29) is 11.0 Å². The maximum absolute atomic E-state index is 13.2. The van der Waals surface area contributed by atoms with Crippen molar-refractivity contribution in [3.8, 4) is 22.9 Å². The molecule has 1 aliphatic carbocycles. The van der Waals surface area contributed by atoms with Crippen LogP contribution in [0.5, 0.6) is 11.5 Å². The van der Waals surface area contributed by atoms with Crippen LogP contribution in [-0.4, -0.2) is 17.1 Å². The number of rotatable bonds is 5. The first-order chi connectivity index (χ1) is 17.1. The molecule has 1 aliphatic rings. The van der Waals surface area contributed by atoms with Crippen LogP contribution >= 0.6 is 38.9 Å². The first-order valence-corrected chi connectivity index (χ1v) is 13.9. The number of fused-ring (bicyclic) bond motifs is 3. The van der Waals surface area contributed by atoms with Crippen LogP contribution in [0.15, 0.2) is 45.7 Å². The molecule has 36 heavy (non-hydrogen) atoms. The highest BCUT2D eigenvalue weighted by Gasteiger charge is 2.31. The van der Waals surface area contributed by atoms with Crippen molar-refractivity contribution in [1.82, 2.24) is 9.97 Å². The van der Waals surface area contributed by atoms with Gasteiger partial charge in [-0.3, -0.25) is 4.79 Å². The average Bonchev–Trinajstić information content (AvgIpc) is 3.21. The molecule has 0 amide bonds. The lowest BCUT2D eigenvalue weighted by Crippen LogP contribution is -2.26. The van der Waals surface area contributed by atoms with Gasteiger partial charge in [0.1, 0.15) is 17.3 Å². The van der Waals surface area contributed by atoms with Gasteiger partial charge in [0, 0.05) is 15.5 Å². The van der Waals surface area contributed by atoms with Crippen LogP contribution in [0.4, 0.5) is 0 Å². The first-order valence-electron chi connectivity index (χ1n) is 11.9. The Hall–Kier alpha value is -2.35. The number of hydrogen-bond donors (Lipinski definition) is 1. The molecule has 1 atom stereocenters. The minimum absolute atomic E-state index is 0.0835. The Labute approximate surface area is 228 Å². The summed E-state index contributed by atoms with van der Waals surface area (Å²) in [7, 11) is 1.60. The highest BCUT2D eigenvalue weighted by molar-refractivity contribution is 9.10. The summed E-state index contributed by atoms with van der Waals surface area (Å²) in [6, 6.07) is 11.2. The number of aromatic nitrogens is 2. The molecule has 4 aromatic rings. The van der Waals surface area contributed by atoms with Crippen molar-refractivity contribution in [2.45, 2.75) is 46.6 Å². The summed E-state index contributed by atoms with van der Waals surface area (Å²) in [4.78, 5) is 23.2. The molecular weight excluding hydrogens is 560 g/mol. The van der Waals surface area contributed by atoms with E-state index in [1.54, 1.807) is 18.4 Å². The van der Waals surface area contributed by atoms with Crippen molar-refractivity contribution in [3.63, 3.8) is 0 Å². The Balaban J connectivity index is 1.48. The predicted molar refractivity (Wildman–Crippen MR) is 151 cm³/mol. The second-order valence-electron chi connectivity index (χ2n) is 10.3. The van der Waals surface area contributed by atoms with E-state index in [9.17, 15) is 4.79 Å². The van der Waals surface area contributed by atoms with Gasteiger partial charge in [-0.15, -0.1) is 11.3 Å². The fourth-order valence-electron chi connectivity index (χ4n) is 4.79. The topological polar surface area (TPSA) is 64.2 Å². The molecule has 2 aromatic carbocycles. The number of halogens is 2. The highest BCUT2D eigenvalue weighted by atomic mass is 79.9. The van der Waals surface area contributed by atoms with Crippen LogP contribution < -0.4 is 15.0 Å². The van der Waals surface area contributed by atoms with Gasteiger partial charge in [0.25, 0.3) is 5.56 Å². The third-order valence-electron chi connectivity index (χ3n) is 6.94. The Kier molecular flexibility index (Phi) is 6.92. The third kappa shape index (κ3) is 4.93. The molecule has 1 N–H and O–H groups in total. The Morgan fingerprint density at radius 3 is 2.67 bits per heavy atom. The number of ether oxygens (including phenoxy) is 2. The highest BCUT2D eigenvalue weighted by Crippen LogP contribution is 2.43. The van der Waals surface area contributed by atoms with Crippen LogP contribution in [0.2, 0.25) is 5.02 Å². The zero-order chi connectivity index (χ0) is 25.6. The van der Waals surface area contributed by atoms with Crippen molar-refractivity contribution < 1.29 is 9.47 Å². The van der Waals surface area contributed by atoms with Crippen molar-refractivity contribution in [2.24, 2.45) is 11.3 Å². The first kappa shape index (κ1) is 25.3. The number of H-pyrrole nitrogens is 1. The van der Waals surface area contributed by atoms with E-state index in [4.69, 9.17) is 26.1 Å². The predicted octanol–water partition coefficient (Wildman–Crippen LogP) is 7.81. The number of methoxy groups -OCH3 is 1. The summed E-state index contributed by atoms with van der Waals surface area (Å²) in [6.07, 6.45) is 3.04. The van der Waals surface area contributed by atoms with Gasteiger partial charge in [-0.2, -0.15) is 0 Å². The summed E-state index contributed by atoms with van der Waals surface area (Å²) in [5.41, 5.74) is 3.08.